The third-order valence-corrected chi connectivity index (χ3v) is 5.49. The molecule has 148 valence electrons. The maximum atomic E-state index is 10.4. The van der Waals surface area contributed by atoms with Crippen LogP contribution in [-0.4, -0.2) is 51.4 Å². The smallest absolute Gasteiger partial charge is 0.134 e. The molecule has 0 spiro atoms. The topological polar surface area (TPSA) is 103 Å². The minimum Gasteiger partial charge on any atom is -0.464 e. The van der Waals surface area contributed by atoms with Gasteiger partial charge in [-0.1, -0.05) is 37.3 Å². The summed E-state index contributed by atoms with van der Waals surface area (Å²) >= 11 is 0. The number of fused-ring (bicyclic) bond motifs is 1. The first-order valence-corrected chi connectivity index (χ1v) is 9.44. The molecule has 1 aliphatic rings. The molecular weight excluding hydrogens is 360 g/mol. The number of aryl methyl sites for hydroxylation is 1. The molecule has 2 heterocycles. The lowest BCUT2D eigenvalue weighted by Crippen LogP contribution is -2.55. The maximum absolute atomic E-state index is 10.4. The molecule has 1 fully saturated rings. The summed E-state index contributed by atoms with van der Waals surface area (Å²) in [6.07, 6.45) is -3.24. The lowest BCUT2D eigenvalue weighted by Gasteiger charge is -2.40. The second-order valence-corrected chi connectivity index (χ2v) is 7.20. The summed E-state index contributed by atoms with van der Waals surface area (Å²) in [6, 6.07) is 13.6. The molecule has 1 aliphatic heterocycles. The van der Waals surface area contributed by atoms with E-state index < -0.39 is 37.1 Å². The third-order valence-electron chi connectivity index (χ3n) is 5.49. The van der Waals surface area contributed by atoms with Crippen molar-refractivity contribution >= 4 is 11.0 Å². The van der Waals surface area contributed by atoms with Crippen molar-refractivity contribution in [1.29, 1.82) is 0 Å². The number of aliphatic hydroxyl groups is 4. The molecule has 28 heavy (non-hydrogen) atoms. The zero-order valence-electron chi connectivity index (χ0n) is 15.5. The lowest BCUT2D eigenvalue weighted by molar-refractivity contribution is -0.231. The molecule has 6 heteroatoms. The molecule has 4 rings (SSSR count). The van der Waals surface area contributed by atoms with Crippen LogP contribution in [0.15, 0.2) is 53.1 Å². The second kappa shape index (κ2) is 7.66. The van der Waals surface area contributed by atoms with Gasteiger partial charge in [-0.25, -0.2) is 0 Å². The predicted molar refractivity (Wildman–Crippen MR) is 104 cm³/mol. The van der Waals surface area contributed by atoms with E-state index in [0.29, 0.717) is 11.1 Å². The van der Waals surface area contributed by atoms with Crippen LogP contribution in [0, 0.1) is 0 Å². The SMILES string of the molecule is CCc1ccc(-c2coc3ccc(C4OC(CO)C(O)C(O)C4O)cc23)cc1. The standard InChI is InChI=1S/C22H24O6/c1-2-12-3-5-13(6-4-12)16-11-27-17-8-7-14(9-15(16)17)22-21(26)20(25)19(24)18(10-23)28-22/h3-9,11,18-26H,2,10H2,1H3. The van der Waals surface area contributed by atoms with Crippen LogP contribution in [0.25, 0.3) is 22.1 Å². The Bertz CT molecular complexity index is 945. The van der Waals surface area contributed by atoms with Gasteiger partial charge in [0.2, 0.25) is 0 Å². The Morgan fingerprint density at radius 1 is 0.929 bits per heavy atom. The molecule has 0 radical (unpaired) electrons. The fourth-order valence-corrected chi connectivity index (χ4v) is 3.74. The average Bonchev–Trinajstić information content (AvgIpc) is 3.15. The number of furan rings is 1. The second-order valence-electron chi connectivity index (χ2n) is 7.20. The van der Waals surface area contributed by atoms with Crippen molar-refractivity contribution in [1.82, 2.24) is 0 Å². The summed E-state index contributed by atoms with van der Waals surface area (Å²) in [6.45, 7) is 1.65. The zero-order chi connectivity index (χ0) is 19.8. The van der Waals surface area contributed by atoms with Crippen LogP contribution >= 0.6 is 0 Å². The molecular formula is C22H24O6. The van der Waals surface area contributed by atoms with Crippen LogP contribution in [0.3, 0.4) is 0 Å². The van der Waals surface area contributed by atoms with Gasteiger partial charge in [-0.3, -0.25) is 0 Å². The fourth-order valence-electron chi connectivity index (χ4n) is 3.74. The normalized spacial score (nSPS) is 28.0. The molecule has 5 atom stereocenters. The molecule has 1 aromatic heterocycles. The van der Waals surface area contributed by atoms with Crippen molar-refractivity contribution < 1.29 is 29.6 Å². The van der Waals surface area contributed by atoms with E-state index in [1.54, 1.807) is 18.4 Å². The molecule has 0 saturated carbocycles. The van der Waals surface area contributed by atoms with Crippen LogP contribution in [0.4, 0.5) is 0 Å². The maximum Gasteiger partial charge on any atom is 0.134 e. The van der Waals surface area contributed by atoms with E-state index in [2.05, 4.69) is 19.1 Å². The van der Waals surface area contributed by atoms with E-state index in [4.69, 9.17) is 9.15 Å². The van der Waals surface area contributed by atoms with Gasteiger partial charge in [-0.15, -0.1) is 0 Å². The summed E-state index contributed by atoms with van der Waals surface area (Å²) in [7, 11) is 0. The van der Waals surface area contributed by atoms with Gasteiger partial charge in [0.05, 0.1) is 12.9 Å². The fraction of sp³-hybridized carbons (Fsp3) is 0.364. The lowest BCUT2D eigenvalue weighted by atomic mass is 9.90. The summed E-state index contributed by atoms with van der Waals surface area (Å²) in [5.41, 5.74) is 4.52. The number of benzene rings is 2. The minimum absolute atomic E-state index is 0.454. The minimum atomic E-state index is -1.41. The Morgan fingerprint density at radius 3 is 2.36 bits per heavy atom. The van der Waals surface area contributed by atoms with Crippen LogP contribution < -0.4 is 0 Å². The van der Waals surface area contributed by atoms with Crippen molar-refractivity contribution in [2.45, 2.75) is 43.9 Å². The van der Waals surface area contributed by atoms with Gasteiger partial charge in [0, 0.05) is 10.9 Å². The molecule has 0 amide bonds. The first kappa shape index (κ1) is 19.1. The number of ether oxygens (including phenoxy) is 1. The van der Waals surface area contributed by atoms with E-state index in [1.165, 1.54) is 5.56 Å². The van der Waals surface area contributed by atoms with Gasteiger partial charge >= 0.3 is 0 Å². The van der Waals surface area contributed by atoms with E-state index in [9.17, 15) is 20.4 Å². The third kappa shape index (κ3) is 3.23. The van der Waals surface area contributed by atoms with Crippen molar-refractivity contribution in [2.75, 3.05) is 6.61 Å². The molecule has 0 bridgehead atoms. The Labute approximate surface area is 162 Å². The predicted octanol–water partition coefficient (Wildman–Crippen LogP) is 2.18. The van der Waals surface area contributed by atoms with Gasteiger partial charge < -0.3 is 29.6 Å². The average molecular weight is 384 g/mol. The van der Waals surface area contributed by atoms with E-state index in [-0.39, 0.29) is 0 Å². The van der Waals surface area contributed by atoms with Crippen LogP contribution in [-0.2, 0) is 11.2 Å². The van der Waals surface area contributed by atoms with Gasteiger partial charge in [0.25, 0.3) is 0 Å². The van der Waals surface area contributed by atoms with Crippen LogP contribution in [0.5, 0.6) is 0 Å². The van der Waals surface area contributed by atoms with Crippen molar-refractivity contribution in [3.05, 3.63) is 59.9 Å². The monoisotopic (exact) mass is 384 g/mol. The molecule has 3 aromatic rings. The largest absolute Gasteiger partial charge is 0.464 e. The van der Waals surface area contributed by atoms with Gasteiger partial charge in [0.1, 0.15) is 36.1 Å². The Morgan fingerprint density at radius 2 is 1.68 bits per heavy atom. The molecule has 6 nitrogen and oxygen atoms in total. The van der Waals surface area contributed by atoms with Crippen LogP contribution in [0.1, 0.15) is 24.2 Å². The van der Waals surface area contributed by atoms with Gasteiger partial charge in [-0.05, 0) is 35.2 Å². The van der Waals surface area contributed by atoms with Crippen molar-refractivity contribution in [3.8, 4) is 11.1 Å². The van der Waals surface area contributed by atoms with E-state index in [1.807, 2.05) is 18.2 Å². The van der Waals surface area contributed by atoms with Crippen molar-refractivity contribution in [3.63, 3.8) is 0 Å². The van der Waals surface area contributed by atoms with E-state index in [0.717, 1.165) is 22.9 Å². The Kier molecular flexibility index (Phi) is 5.23. The highest BCUT2D eigenvalue weighted by atomic mass is 16.5. The number of hydrogen-bond acceptors (Lipinski definition) is 6. The molecule has 1 saturated heterocycles. The Hall–Kier alpha value is -2.22. The van der Waals surface area contributed by atoms with Gasteiger partial charge in [-0.2, -0.15) is 0 Å². The van der Waals surface area contributed by atoms with Crippen LogP contribution in [0.2, 0.25) is 0 Å². The van der Waals surface area contributed by atoms with Crippen molar-refractivity contribution in [2.24, 2.45) is 0 Å². The first-order chi connectivity index (χ1) is 13.5. The van der Waals surface area contributed by atoms with E-state index >= 15 is 0 Å². The Balaban J connectivity index is 1.72. The molecule has 0 aliphatic carbocycles. The highest BCUT2D eigenvalue weighted by Gasteiger charge is 2.44. The summed E-state index contributed by atoms with van der Waals surface area (Å²) in [5.74, 6) is 0. The molecule has 4 N–H and O–H groups in total. The molecule has 2 aromatic carbocycles. The highest BCUT2D eigenvalue weighted by Crippen LogP contribution is 2.37. The highest BCUT2D eigenvalue weighted by molar-refractivity contribution is 5.94. The number of rotatable bonds is 4. The summed E-state index contributed by atoms with van der Waals surface area (Å²) < 4.78 is 11.4. The quantitative estimate of drug-likeness (QED) is 0.550. The first-order valence-electron chi connectivity index (χ1n) is 9.44. The number of hydrogen-bond donors (Lipinski definition) is 4. The zero-order valence-corrected chi connectivity index (χ0v) is 15.5. The summed E-state index contributed by atoms with van der Waals surface area (Å²) in [5, 5.41) is 40.7. The summed E-state index contributed by atoms with van der Waals surface area (Å²) in [4.78, 5) is 0. The molecule has 5 unspecified atom stereocenters. The van der Waals surface area contributed by atoms with Gasteiger partial charge in [0.15, 0.2) is 0 Å². The number of aliphatic hydroxyl groups excluding tert-OH is 4.